The average Bonchev–Trinajstić information content (AvgIpc) is 2.73. The molecule has 0 fully saturated rings. The van der Waals surface area contributed by atoms with Crippen molar-refractivity contribution in [3.63, 3.8) is 0 Å². The standard InChI is InChI=1S/C10H14N4S/c1-6-4-11-10(15-6)12-5-9-7(2)13-14-8(9)3/h4H,5H2,1-3H3,(H,11,12)(H,13,14). The third-order valence-electron chi connectivity index (χ3n) is 2.32. The fraction of sp³-hybridized carbons (Fsp3) is 0.400. The smallest absolute Gasteiger partial charge is 0.183 e. The Morgan fingerprint density at radius 3 is 2.73 bits per heavy atom. The van der Waals surface area contributed by atoms with Crippen molar-refractivity contribution in [2.75, 3.05) is 5.32 Å². The molecule has 0 aliphatic rings. The van der Waals surface area contributed by atoms with Crippen LogP contribution in [0.25, 0.3) is 0 Å². The van der Waals surface area contributed by atoms with Gasteiger partial charge in [0.2, 0.25) is 0 Å². The summed E-state index contributed by atoms with van der Waals surface area (Å²) in [5.41, 5.74) is 3.39. The van der Waals surface area contributed by atoms with E-state index in [-0.39, 0.29) is 0 Å². The molecule has 2 aromatic rings. The molecule has 0 aliphatic heterocycles. The quantitative estimate of drug-likeness (QED) is 0.838. The molecule has 2 N–H and O–H groups in total. The number of aromatic amines is 1. The normalized spacial score (nSPS) is 10.6. The molecule has 0 spiro atoms. The van der Waals surface area contributed by atoms with Gasteiger partial charge in [-0.3, -0.25) is 5.10 Å². The average molecular weight is 222 g/mol. The van der Waals surface area contributed by atoms with E-state index in [1.807, 2.05) is 20.0 Å². The Morgan fingerprint density at radius 2 is 2.20 bits per heavy atom. The van der Waals surface area contributed by atoms with Gasteiger partial charge >= 0.3 is 0 Å². The Kier molecular flexibility index (Phi) is 2.73. The van der Waals surface area contributed by atoms with Crippen LogP contribution in [0.1, 0.15) is 21.8 Å². The highest BCUT2D eigenvalue weighted by atomic mass is 32.1. The third kappa shape index (κ3) is 2.18. The fourth-order valence-corrected chi connectivity index (χ4v) is 2.10. The van der Waals surface area contributed by atoms with Gasteiger partial charge in [-0.05, 0) is 20.8 Å². The minimum absolute atomic E-state index is 0.779. The summed E-state index contributed by atoms with van der Waals surface area (Å²) in [5.74, 6) is 0. The molecule has 5 heteroatoms. The lowest BCUT2D eigenvalue weighted by atomic mass is 10.2. The van der Waals surface area contributed by atoms with Gasteiger partial charge in [0, 0.05) is 28.9 Å². The number of aromatic nitrogens is 3. The predicted octanol–water partition coefficient (Wildman–Crippen LogP) is 2.40. The highest BCUT2D eigenvalue weighted by Gasteiger charge is 2.06. The molecular formula is C10H14N4S. The molecule has 15 heavy (non-hydrogen) atoms. The maximum absolute atomic E-state index is 4.25. The Balaban J connectivity index is 2.05. The van der Waals surface area contributed by atoms with Crippen LogP contribution < -0.4 is 5.32 Å². The largest absolute Gasteiger partial charge is 0.357 e. The van der Waals surface area contributed by atoms with Gasteiger partial charge < -0.3 is 5.32 Å². The van der Waals surface area contributed by atoms with Crippen LogP contribution in [-0.2, 0) is 6.54 Å². The number of thiazole rings is 1. The van der Waals surface area contributed by atoms with E-state index in [2.05, 4.69) is 27.4 Å². The Labute approximate surface area is 92.8 Å². The second-order valence-electron chi connectivity index (χ2n) is 3.54. The van der Waals surface area contributed by atoms with E-state index >= 15 is 0 Å². The van der Waals surface area contributed by atoms with E-state index in [9.17, 15) is 0 Å². The minimum Gasteiger partial charge on any atom is -0.357 e. The zero-order valence-electron chi connectivity index (χ0n) is 9.09. The van der Waals surface area contributed by atoms with Gasteiger partial charge in [-0.1, -0.05) is 0 Å². The zero-order chi connectivity index (χ0) is 10.8. The number of hydrogen-bond donors (Lipinski definition) is 2. The molecule has 2 aromatic heterocycles. The van der Waals surface area contributed by atoms with Crippen LogP contribution in [0.2, 0.25) is 0 Å². The first-order valence-corrected chi connectivity index (χ1v) is 5.65. The summed E-state index contributed by atoms with van der Waals surface area (Å²) < 4.78 is 0. The van der Waals surface area contributed by atoms with E-state index in [1.54, 1.807) is 11.3 Å². The van der Waals surface area contributed by atoms with E-state index in [0.29, 0.717) is 0 Å². The first-order valence-electron chi connectivity index (χ1n) is 4.83. The van der Waals surface area contributed by atoms with E-state index in [0.717, 1.165) is 23.1 Å². The Hall–Kier alpha value is -1.36. The van der Waals surface area contributed by atoms with Crippen LogP contribution in [0, 0.1) is 20.8 Å². The summed E-state index contributed by atoms with van der Waals surface area (Å²) in [5, 5.41) is 11.4. The molecule has 0 saturated heterocycles. The van der Waals surface area contributed by atoms with Crippen molar-refractivity contribution < 1.29 is 0 Å². The topological polar surface area (TPSA) is 53.6 Å². The summed E-state index contributed by atoms with van der Waals surface area (Å²) in [4.78, 5) is 5.47. The van der Waals surface area contributed by atoms with E-state index in [1.165, 1.54) is 10.4 Å². The molecule has 2 rings (SSSR count). The lowest BCUT2D eigenvalue weighted by Gasteiger charge is -2.02. The first-order chi connectivity index (χ1) is 7.16. The molecule has 0 saturated carbocycles. The lowest BCUT2D eigenvalue weighted by Crippen LogP contribution is -2.00. The van der Waals surface area contributed by atoms with E-state index in [4.69, 9.17) is 0 Å². The van der Waals surface area contributed by atoms with E-state index < -0.39 is 0 Å². The van der Waals surface area contributed by atoms with Crippen LogP contribution in [0.3, 0.4) is 0 Å². The Morgan fingerprint density at radius 1 is 1.40 bits per heavy atom. The Bertz CT molecular complexity index is 438. The highest BCUT2D eigenvalue weighted by Crippen LogP contribution is 2.18. The van der Waals surface area contributed by atoms with Crippen molar-refractivity contribution in [2.45, 2.75) is 27.3 Å². The van der Waals surface area contributed by atoms with Crippen LogP contribution >= 0.6 is 11.3 Å². The van der Waals surface area contributed by atoms with Crippen molar-refractivity contribution in [3.05, 3.63) is 28.0 Å². The van der Waals surface area contributed by atoms with Gasteiger partial charge in [-0.15, -0.1) is 11.3 Å². The number of aryl methyl sites for hydroxylation is 3. The molecule has 0 amide bonds. The van der Waals surface area contributed by atoms with Crippen LogP contribution in [0.4, 0.5) is 5.13 Å². The third-order valence-corrected chi connectivity index (χ3v) is 3.19. The van der Waals surface area contributed by atoms with Crippen molar-refractivity contribution >= 4 is 16.5 Å². The molecular weight excluding hydrogens is 208 g/mol. The van der Waals surface area contributed by atoms with Crippen molar-refractivity contribution in [1.82, 2.24) is 15.2 Å². The van der Waals surface area contributed by atoms with Crippen molar-refractivity contribution in [2.24, 2.45) is 0 Å². The maximum atomic E-state index is 4.25. The second kappa shape index (κ2) is 4.02. The van der Waals surface area contributed by atoms with Gasteiger partial charge in [0.1, 0.15) is 0 Å². The van der Waals surface area contributed by atoms with Crippen molar-refractivity contribution in [1.29, 1.82) is 0 Å². The number of nitrogens with zero attached hydrogens (tertiary/aromatic N) is 2. The molecule has 80 valence electrons. The van der Waals surface area contributed by atoms with Crippen molar-refractivity contribution in [3.8, 4) is 0 Å². The number of anilines is 1. The number of H-pyrrole nitrogens is 1. The highest BCUT2D eigenvalue weighted by molar-refractivity contribution is 7.15. The molecule has 0 aliphatic carbocycles. The monoisotopic (exact) mass is 222 g/mol. The first kappa shape index (κ1) is 10.2. The maximum Gasteiger partial charge on any atom is 0.183 e. The minimum atomic E-state index is 0.779. The predicted molar refractivity (Wildman–Crippen MR) is 62.2 cm³/mol. The van der Waals surface area contributed by atoms with Gasteiger partial charge in [-0.2, -0.15) is 5.10 Å². The zero-order valence-corrected chi connectivity index (χ0v) is 9.90. The number of nitrogens with one attached hydrogen (secondary N) is 2. The molecule has 0 radical (unpaired) electrons. The summed E-state index contributed by atoms with van der Waals surface area (Å²) in [6.07, 6.45) is 1.88. The SMILES string of the molecule is Cc1cnc(NCc2c(C)n[nH]c2C)s1. The molecule has 0 aromatic carbocycles. The summed E-state index contributed by atoms with van der Waals surface area (Å²) in [6, 6.07) is 0. The summed E-state index contributed by atoms with van der Waals surface area (Å²) in [7, 11) is 0. The summed E-state index contributed by atoms with van der Waals surface area (Å²) in [6.45, 7) is 6.87. The van der Waals surface area contributed by atoms with Gasteiger partial charge in [0.25, 0.3) is 0 Å². The van der Waals surface area contributed by atoms with Gasteiger partial charge in [-0.25, -0.2) is 4.98 Å². The van der Waals surface area contributed by atoms with Gasteiger partial charge in [0.15, 0.2) is 5.13 Å². The second-order valence-corrected chi connectivity index (χ2v) is 4.78. The fourth-order valence-electron chi connectivity index (χ4n) is 1.43. The van der Waals surface area contributed by atoms with Crippen LogP contribution in [0.15, 0.2) is 6.20 Å². The molecule has 0 bridgehead atoms. The molecule has 0 atom stereocenters. The number of rotatable bonds is 3. The number of hydrogen-bond acceptors (Lipinski definition) is 4. The molecule has 0 unspecified atom stereocenters. The molecule has 2 heterocycles. The molecule has 4 nitrogen and oxygen atoms in total. The summed E-state index contributed by atoms with van der Waals surface area (Å²) >= 11 is 1.67. The lowest BCUT2D eigenvalue weighted by molar-refractivity contribution is 1.02. The van der Waals surface area contributed by atoms with Crippen LogP contribution in [-0.4, -0.2) is 15.2 Å². The van der Waals surface area contributed by atoms with Crippen LogP contribution in [0.5, 0.6) is 0 Å². The van der Waals surface area contributed by atoms with Gasteiger partial charge in [0.05, 0.1) is 5.69 Å².